The molecule has 0 unspecified atom stereocenters. The summed E-state index contributed by atoms with van der Waals surface area (Å²) in [6.45, 7) is 0. The summed E-state index contributed by atoms with van der Waals surface area (Å²) in [6.07, 6.45) is 0. The molecule has 31 heavy (non-hydrogen) atoms. The van der Waals surface area contributed by atoms with Crippen molar-refractivity contribution in [1.29, 1.82) is 0 Å². The number of aromatic nitrogens is 2. The van der Waals surface area contributed by atoms with Crippen LogP contribution in [0.15, 0.2) is 106 Å². The van der Waals surface area contributed by atoms with E-state index in [1.807, 2.05) is 0 Å². The average molecular weight is 528 g/mol. The Morgan fingerprint density at radius 2 is 1.06 bits per heavy atom. The lowest BCUT2D eigenvalue weighted by Crippen LogP contribution is -1.98. The molecule has 0 aliphatic heterocycles. The second kappa shape index (κ2) is 7.33. The minimum absolute atomic E-state index is 0.936. The minimum atomic E-state index is 0.936. The molecule has 1 aromatic heterocycles. The van der Waals surface area contributed by atoms with E-state index in [-0.39, 0.29) is 0 Å². The van der Waals surface area contributed by atoms with Crippen molar-refractivity contribution in [3.63, 3.8) is 0 Å². The van der Waals surface area contributed by atoms with Crippen LogP contribution in [0.2, 0.25) is 0 Å². The zero-order valence-corrected chi connectivity index (χ0v) is 19.6. The zero-order chi connectivity index (χ0) is 20.9. The van der Waals surface area contributed by atoms with Crippen LogP contribution in [0, 0.1) is 0 Å². The Labute approximate surface area is 196 Å². The molecule has 0 fully saturated rings. The fourth-order valence-electron chi connectivity index (χ4n) is 4.34. The predicted octanol–water partition coefficient (Wildman–Crippen LogP) is 8.52. The lowest BCUT2D eigenvalue weighted by atomic mass is 10.00. The van der Waals surface area contributed by atoms with Crippen molar-refractivity contribution in [3.8, 4) is 17.1 Å². The molecule has 6 rings (SSSR count). The fraction of sp³-hybridized carbons (Fsp3) is 0. The summed E-state index contributed by atoms with van der Waals surface area (Å²) in [5, 5.41) is 4.85. The third-order valence-corrected chi connectivity index (χ3v) is 6.78. The Morgan fingerprint density at radius 3 is 1.71 bits per heavy atom. The van der Waals surface area contributed by atoms with Crippen LogP contribution in [-0.2, 0) is 0 Å². The highest BCUT2D eigenvalue weighted by Gasteiger charge is 2.19. The average Bonchev–Trinajstić information content (AvgIpc) is 3.21. The van der Waals surface area contributed by atoms with Gasteiger partial charge in [-0.1, -0.05) is 92.5 Å². The summed E-state index contributed by atoms with van der Waals surface area (Å²) < 4.78 is 4.40. The van der Waals surface area contributed by atoms with Crippen molar-refractivity contribution < 1.29 is 0 Å². The van der Waals surface area contributed by atoms with Crippen molar-refractivity contribution in [2.75, 3.05) is 0 Å². The van der Waals surface area contributed by atoms with Gasteiger partial charge in [0.05, 0.1) is 11.0 Å². The third kappa shape index (κ3) is 3.01. The molecular formula is C27H16Br2N2. The molecule has 0 bridgehead atoms. The van der Waals surface area contributed by atoms with Crippen LogP contribution in [0.3, 0.4) is 0 Å². The van der Waals surface area contributed by atoms with Crippen molar-refractivity contribution in [1.82, 2.24) is 9.55 Å². The number of halogens is 2. The number of hydrogen-bond donors (Lipinski definition) is 0. The molecule has 0 N–H and O–H groups in total. The van der Waals surface area contributed by atoms with E-state index in [2.05, 4.69) is 133 Å². The summed E-state index contributed by atoms with van der Waals surface area (Å²) in [7, 11) is 0. The molecule has 1 heterocycles. The highest BCUT2D eigenvalue weighted by molar-refractivity contribution is 9.10. The van der Waals surface area contributed by atoms with E-state index < -0.39 is 0 Å². The first-order valence-corrected chi connectivity index (χ1v) is 11.6. The minimum Gasteiger partial charge on any atom is -0.292 e. The van der Waals surface area contributed by atoms with E-state index in [9.17, 15) is 0 Å². The number of benzene rings is 5. The van der Waals surface area contributed by atoms with E-state index in [1.165, 1.54) is 21.5 Å². The van der Waals surface area contributed by atoms with E-state index in [4.69, 9.17) is 4.98 Å². The largest absolute Gasteiger partial charge is 0.292 e. The number of nitrogens with zero attached hydrogens (tertiary/aromatic N) is 2. The molecule has 0 amide bonds. The molecule has 6 aromatic rings. The molecule has 0 aliphatic rings. The first-order valence-electron chi connectivity index (χ1n) is 10.0. The van der Waals surface area contributed by atoms with E-state index in [0.29, 0.717) is 0 Å². The van der Waals surface area contributed by atoms with Crippen molar-refractivity contribution in [3.05, 3.63) is 106 Å². The van der Waals surface area contributed by atoms with Crippen LogP contribution in [-0.4, -0.2) is 9.55 Å². The highest BCUT2D eigenvalue weighted by Crippen LogP contribution is 2.39. The molecule has 0 spiro atoms. The van der Waals surface area contributed by atoms with Gasteiger partial charge in [-0.3, -0.25) is 4.57 Å². The van der Waals surface area contributed by atoms with E-state index in [1.54, 1.807) is 0 Å². The van der Waals surface area contributed by atoms with Gasteiger partial charge in [-0.05, 0) is 47.2 Å². The van der Waals surface area contributed by atoms with Gasteiger partial charge in [0, 0.05) is 31.0 Å². The summed E-state index contributed by atoms with van der Waals surface area (Å²) in [6, 6.07) is 34.0. The summed E-state index contributed by atoms with van der Waals surface area (Å²) >= 11 is 7.13. The second-order valence-corrected chi connectivity index (χ2v) is 9.37. The molecule has 148 valence electrons. The first kappa shape index (κ1) is 18.8. The first-order chi connectivity index (χ1) is 15.2. The summed E-state index contributed by atoms with van der Waals surface area (Å²) in [5.41, 5.74) is 4.32. The van der Waals surface area contributed by atoms with Crippen LogP contribution in [0.4, 0.5) is 0 Å². The van der Waals surface area contributed by atoms with Gasteiger partial charge in [-0.25, -0.2) is 4.98 Å². The molecule has 0 saturated carbocycles. The topological polar surface area (TPSA) is 17.8 Å². The SMILES string of the molecule is Brc1ccc(-c2nc3c4ccccc4c4ccccc4c3n2-c2ccc(Br)cc2)cc1. The normalized spacial score (nSPS) is 11.5. The number of imidazole rings is 1. The second-order valence-electron chi connectivity index (χ2n) is 7.54. The molecule has 4 heteroatoms. The van der Waals surface area contributed by atoms with Gasteiger partial charge in [0.15, 0.2) is 0 Å². The number of hydrogen-bond acceptors (Lipinski definition) is 1. The van der Waals surface area contributed by atoms with Gasteiger partial charge in [0.1, 0.15) is 5.82 Å². The Hall–Kier alpha value is -2.95. The Kier molecular flexibility index (Phi) is 4.44. The molecular weight excluding hydrogens is 512 g/mol. The summed E-state index contributed by atoms with van der Waals surface area (Å²) in [4.78, 5) is 5.23. The lowest BCUT2D eigenvalue weighted by molar-refractivity contribution is 1.10. The van der Waals surface area contributed by atoms with Crippen molar-refractivity contribution >= 4 is 64.4 Å². The van der Waals surface area contributed by atoms with Crippen LogP contribution in [0.25, 0.3) is 49.7 Å². The van der Waals surface area contributed by atoms with Gasteiger partial charge in [0.25, 0.3) is 0 Å². The van der Waals surface area contributed by atoms with Gasteiger partial charge in [-0.15, -0.1) is 0 Å². The monoisotopic (exact) mass is 526 g/mol. The fourth-order valence-corrected chi connectivity index (χ4v) is 4.87. The molecule has 2 nitrogen and oxygen atoms in total. The highest BCUT2D eigenvalue weighted by atomic mass is 79.9. The Morgan fingerprint density at radius 1 is 0.548 bits per heavy atom. The molecule has 0 saturated heterocycles. The maximum absolute atomic E-state index is 5.23. The molecule has 0 aliphatic carbocycles. The number of rotatable bonds is 2. The number of fused-ring (bicyclic) bond motifs is 6. The quantitative estimate of drug-likeness (QED) is 0.206. The summed E-state index contributed by atoms with van der Waals surface area (Å²) in [5.74, 6) is 0.936. The van der Waals surface area contributed by atoms with Crippen LogP contribution < -0.4 is 0 Å². The van der Waals surface area contributed by atoms with Crippen LogP contribution in [0.5, 0.6) is 0 Å². The third-order valence-electron chi connectivity index (χ3n) is 5.72. The molecule has 5 aromatic carbocycles. The van der Waals surface area contributed by atoms with Gasteiger partial charge in [-0.2, -0.15) is 0 Å². The van der Waals surface area contributed by atoms with Crippen molar-refractivity contribution in [2.45, 2.75) is 0 Å². The van der Waals surface area contributed by atoms with Crippen LogP contribution >= 0.6 is 31.9 Å². The maximum Gasteiger partial charge on any atom is 0.145 e. The van der Waals surface area contributed by atoms with Gasteiger partial charge < -0.3 is 0 Å². The van der Waals surface area contributed by atoms with Crippen LogP contribution in [0.1, 0.15) is 0 Å². The van der Waals surface area contributed by atoms with E-state index >= 15 is 0 Å². The molecule has 0 atom stereocenters. The Balaban J connectivity index is 1.85. The van der Waals surface area contributed by atoms with Gasteiger partial charge in [0.2, 0.25) is 0 Å². The lowest BCUT2D eigenvalue weighted by Gasteiger charge is -2.12. The van der Waals surface area contributed by atoms with Gasteiger partial charge >= 0.3 is 0 Å². The standard InChI is InChI=1S/C27H16Br2N2/c28-18-11-9-17(10-12-18)27-30-25-23-7-3-1-5-21(23)22-6-2-4-8-24(22)26(25)31(27)20-15-13-19(29)14-16-20/h1-16H. The zero-order valence-electron chi connectivity index (χ0n) is 16.4. The molecule has 0 radical (unpaired) electrons. The Bertz CT molecular complexity index is 1580. The predicted molar refractivity (Wildman–Crippen MR) is 137 cm³/mol. The maximum atomic E-state index is 5.23. The smallest absolute Gasteiger partial charge is 0.145 e. The van der Waals surface area contributed by atoms with Crippen molar-refractivity contribution in [2.24, 2.45) is 0 Å². The van der Waals surface area contributed by atoms with E-state index in [0.717, 1.165) is 37.1 Å².